The zero-order valence-electron chi connectivity index (χ0n) is 11.5. The normalized spacial score (nSPS) is 15.3. The fourth-order valence-corrected chi connectivity index (χ4v) is 2.05. The zero-order chi connectivity index (χ0) is 13.9. The molecule has 2 N–H and O–H groups in total. The van der Waals surface area contributed by atoms with Crippen LogP contribution in [0.15, 0.2) is 24.3 Å². The van der Waals surface area contributed by atoms with Gasteiger partial charge < -0.3 is 10.6 Å². The highest BCUT2D eigenvalue weighted by molar-refractivity contribution is 5.79. The van der Waals surface area contributed by atoms with Crippen molar-refractivity contribution in [3.05, 3.63) is 35.6 Å². The Labute approximate surface area is 113 Å². The lowest BCUT2D eigenvalue weighted by Gasteiger charge is -2.27. The van der Waals surface area contributed by atoms with Crippen molar-refractivity contribution in [2.24, 2.45) is 5.92 Å². The lowest BCUT2D eigenvalue weighted by molar-refractivity contribution is -0.121. The third-order valence-corrected chi connectivity index (χ3v) is 3.41. The molecule has 1 aromatic rings. The molecule has 0 saturated heterocycles. The van der Waals surface area contributed by atoms with E-state index in [9.17, 15) is 9.18 Å². The van der Waals surface area contributed by atoms with Crippen molar-refractivity contribution < 1.29 is 9.18 Å². The monoisotopic (exact) mass is 264 g/mol. The van der Waals surface area contributed by atoms with Crippen molar-refractivity contribution in [3.8, 4) is 0 Å². The van der Waals surface area contributed by atoms with Crippen molar-refractivity contribution in [1.29, 1.82) is 0 Å². The van der Waals surface area contributed by atoms with Gasteiger partial charge in [0.25, 0.3) is 0 Å². The second-order valence-corrected chi connectivity index (χ2v) is 5.76. The molecule has 0 atom stereocenters. The van der Waals surface area contributed by atoms with E-state index in [4.69, 9.17) is 0 Å². The van der Waals surface area contributed by atoms with Crippen LogP contribution in [0, 0.1) is 11.7 Å². The van der Waals surface area contributed by atoms with Crippen LogP contribution in [0.1, 0.15) is 32.3 Å². The van der Waals surface area contributed by atoms with Crippen molar-refractivity contribution in [3.63, 3.8) is 0 Å². The van der Waals surface area contributed by atoms with Gasteiger partial charge in [-0.3, -0.25) is 4.79 Å². The van der Waals surface area contributed by atoms with E-state index in [2.05, 4.69) is 10.6 Å². The molecule has 104 valence electrons. The molecule has 1 aliphatic rings. The van der Waals surface area contributed by atoms with Crippen LogP contribution >= 0.6 is 0 Å². The van der Waals surface area contributed by atoms with Crippen LogP contribution in [0.3, 0.4) is 0 Å². The average molecular weight is 264 g/mol. The molecule has 0 spiro atoms. The third kappa shape index (κ3) is 4.31. The Morgan fingerprint density at radius 1 is 1.42 bits per heavy atom. The lowest BCUT2D eigenvalue weighted by Crippen LogP contribution is -2.45. The molecule has 0 aliphatic heterocycles. The molecule has 0 unspecified atom stereocenters. The summed E-state index contributed by atoms with van der Waals surface area (Å²) in [5.74, 6) is 0.408. The molecule has 2 rings (SSSR count). The number of halogens is 1. The molecule has 1 aromatic carbocycles. The molecule has 19 heavy (non-hydrogen) atoms. The lowest BCUT2D eigenvalue weighted by atomic mass is 9.94. The highest BCUT2D eigenvalue weighted by Gasteiger charge is 2.24. The minimum Gasteiger partial charge on any atom is -0.346 e. The summed E-state index contributed by atoms with van der Waals surface area (Å²) in [6, 6.07) is 6.33. The number of benzene rings is 1. The maximum Gasteiger partial charge on any atom is 0.234 e. The Kier molecular flexibility index (Phi) is 4.20. The van der Waals surface area contributed by atoms with Gasteiger partial charge in [0, 0.05) is 0 Å². The van der Waals surface area contributed by atoms with Crippen LogP contribution in [0.5, 0.6) is 0 Å². The molecule has 1 fully saturated rings. The first-order valence-electron chi connectivity index (χ1n) is 6.75. The molecular weight excluding hydrogens is 243 g/mol. The van der Waals surface area contributed by atoms with Crippen molar-refractivity contribution in [1.82, 2.24) is 10.6 Å². The average Bonchev–Trinajstić information content (AvgIpc) is 3.12. The van der Waals surface area contributed by atoms with Gasteiger partial charge in [0.1, 0.15) is 5.82 Å². The van der Waals surface area contributed by atoms with Crippen LogP contribution in [0.2, 0.25) is 0 Å². The first-order valence-corrected chi connectivity index (χ1v) is 6.75. The summed E-state index contributed by atoms with van der Waals surface area (Å²) in [5, 5.41) is 6.07. The van der Waals surface area contributed by atoms with Gasteiger partial charge in [-0.15, -0.1) is 0 Å². The van der Waals surface area contributed by atoms with E-state index in [1.54, 1.807) is 6.07 Å². The van der Waals surface area contributed by atoms with E-state index in [0.717, 1.165) is 18.0 Å². The van der Waals surface area contributed by atoms with Gasteiger partial charge in [0.2, 0.25) is 5.91 Å². The number of carbonyl (C=O) groups is 1. The van der Waals surface area contributed by atoms with E-state index >= 15 is 0 Å². The minimum atomic E-state index is -0.569. The van der Waals surface area contributed by atoms with Crippen LogP contribution < -0.4 is 10.6 Å². The highest BCUT2D eigenvalue weighted by atomic mass is 19.1. The summed E-state index contributed by atoms with van der Waals surface area (Å²) in [4.78, 5) is 11.9. The largest absolute Gasteiger partial charge is 0.346 e. The Bertz CT molecular complexity index is 455. The summed E-state index contributed by atoms with van der Waals surface area (Å²) in [6.45, 7) is 4.98. The number of nitrogens with one attached hydrogen (secondary N) is 2. The van der Waals surface area contributed by atoms with E-state index in [1.165, 1.54) is 25.0 Å². The van der Waals surface area contributed by atoms with Crippen LogP contribution in [0.25, 0.3) is 0 Å². The fraction of sp³-hybridized carbons (Fsp3) is 0.533. The summed E-state index contributed by atoms with van der Waals surface area (Å²) in [5.41, 5.74) is 0.198. The summed E-state index contributed by atoms with van der Waals surface area (Å²) in [6.07, 6.45) is 2.53. The predicted molar refractivity (Wildman–Crippen MR) is 73.2 cm³/mol. The molecule has 3 nitrogen and oxygen atoms in total. The smallest absolute Gasteiger partial charge is 0.234 e. The molecule has 0 aromatic heterocycles. The van der Waals surface area contributed by atoms with Crippen molar-refractivity contribution in [2.45, 2.75) is 32.2 Å². The van der Waals surface area contributed by atoms with Gasteiger partial charge in [-0.2, -0.15) is 0 Å². The second kappa shape index (κ2) is 5.70. The van der Waals surface area contributed by atoms with Crippen LogP contribution in [-0.4, -0.2) is 19.0 Å². The van der Waals surface area contributed by atoms with Crippen molar-refractivity contribution in [2.75, 3.05) is 13.1 Å². The highest BCUT2D eigenvalue weighted by Crippen LogP contribution is 2.27. The SMILES string of the molecule is CC(C)(NC(=O)CNCC1CC1)c1cccc(F)c1. The van der Waals surface area contributed by atoms with Gasteiger partial charge in [0.05, 0.1) is 12.1 Å². The molecule has 4 heteroatoms. The first kappa shape index (κ1) is 14.0. The Morgan fingerprint density at radius 3 is 2.79 bits per heavy atom. The maximum absolute atomic E-state index is 13.2. The van der Waals surface area contributed by atoms with Gasteiger partial charge in [0.15, 0.2) is 0 Å². The van der Waals surface area contributed by atoms with Gasteiger partial charge in [-0.25, -0.2) is 4.39 Å². The van der Waals surface area contributed by atoms with Crippen LogP contribution in [0.4, 0.5) is 4.39 Å². The molecule has 1 amide bonds. The predicted octanol–water partition coefficient (Wildman–Crippen LogP) is 2.18. The standard InChI is InChI=1S/C15H21FN2O/c1-15(2,12-4-3-5-13(16)8-12)18-14(19)10-17-9-11-6-7-11/h3-5,8,11,17H,6-7,9-10H2,1-2H3,(H,18,19). The number of amides is 1. The molecule has 1 aliphatic carbocycles. The Balaban J connectivity index is 1.86. The number of rotatable bonds is 6. The maximum atomic E-state index is 13.2. The number of carbonyl (C=O) groups excluding carboxylic acids is 1. The van der Waals surface area contributed by atoms with Gasteiger partial charge >= 0.3 is 0 Å². The summed E-state index contributed by atoms with van der Waals surface area (Å²) < 4.78 is 13.2. The van der Waals surface area contributed by atoms with Crippen LogP contribution in [-0.2, 0) is 10.3 Å². The Hall–Kier alpha value is -1.42. The summed E-state index contributed by atoms with van der Waals surface area (Å²) >= 11 is 0. The zero-order valence-corrected chi connectivity index (χ0v) is 11.5. The number of hydrogen-bond acceptors (Lipinski definition) is 2. The van der Waals surface area contributed by atoms with E-state index in [1.807, 2.05) is 19.9 Å². The molecule has 0 bridgehead atoms. The quantitative estimate of drug-likeness (QED) is 0.827. The third-order valence-electron chi connectivity index (χ3n) is 3.41. The number of hydrogen-bond donors (Lipinski definition) is 2. The van der Waals surface area contributed by atoms with E-state index in [0.29, 0.717) is 6.54 Å². The summed E-state index contributed by atoms with van der Waals surface area (Å²) in [7, 11) is 0. The molecule has 1 saturated carbocycles. The molecular formula is C15H21FN2O. The molecule has 0 heterocycles. The first-order chi connectivity index (χ1) is 8.97. The van der Waals surface area contributed by atoms with E-state index < -0.39 is 5.54 Å². The minimum absolute atomic E-state index is 0.0603. The topological polar surface area (TPSA) is 41.1 Å². The van der Waals surface area contributed by atoms with Gasteiger partial charge in [-0.1, -0.05) is 12.1 Å². The van der Waals surface area contributed by atoms with E-state index in [-0.39, 0.29) is 11.7 Å². The molecule has 0 radical (unpaired) electrons. The van der Waals surface area contributed by atoms with Gasteiger partial charge in [-0.05, 0) is 56.8 Å². The fourth-order valence-electron chi connectivity index (χ4n) is 2.05. The second-order valence-electron chi connectivity index (χ2n) is 5.76. The van der Waals surface area contributed by atoms with Crippen molar-refractivity contribution >= 4 is 5.91 Å². The Morgan fingerprint density at radius 2 is 2.16 bits per heavy atom.